The fourth-order valence-electron chi connectivity index (χ4n) is 2.29. The minimum Gasteiger partial charge on any atom is -0.480 e. The van der Waals surface area contributed by atoms with Gasteiger partial charge in [0.2, 0.25) is 0 Å². The summed E-state index contributed by atoms with van der Waals surface area (Å²) in [5.74, 6) is -3.97. The monoisotopic (exact) mass is 235 g/mol. The number of carboxylic acid groups (broad SMARTS) is 1. The Balaban J connectivity index is 2.30. The quantitative estimate of drug-likeness (QED) is 0.683. The zero-order valence-corrected chi connectivity index (χ0v) is 7.94. The number of aliphatic carboxylic acids is 1. The summed E-state index contributed by atoms with van der Waals surface area (Å²) in [7, 11) is 0. The number of carbonyl (C=O) groups excluding carboxylic acids is 1. The molecule has 0 aromatic rings. The van der Waals surface area contributed by atoms with Gasteiger partial charge in [-0.25, -0.2) is 4.79 Å². The molecule has 1 fully saturated rings. The van der Waals surface area contributed by atoms with Crippen LogP contribution in [0, 0.1) is 5.92 Å². The zero-order valence-electron chi connectivity index (χ0n) is 7.94. The van der Waals surface area contributed by atoms with Crippen LogP contribution in [0.1, 0.15) is 6.42 Å². The molecule has 4 nitrogen and oxygen atoms in total. The number of halogens is 3. The SMILES string of the molecule is O=C(O)C1C2C=CC(C2)N1C(=O)C(F)(F)F. The summed E-state index contributed by atoms with van der Waals surface area (Å²) in [5.41, 5.74) is 0. The number of nitrogens with zero attached hydrogens (tertiary/aromatic N) is 1. The van der Waals surface area contributed by atoms with E-state index in [0.717, 1.165) is 0 Å². The number of alkyl halides is 3. The molecule has 1 N–H and O–H groups in total. The molecule has 3 atom stereocenters. The summed E-state index contributed by atoms with van der Waals surface area (Å²) in [6.45, 7) is 0. The fraction of sp³-hybridized carbons (Fsp3) is 0.556. The van der Waals surface area contributed by atoms with E-state index in [1.165, 1.54) is 6.08 Å². The summed E-state index contributed by atoms with van der Waals surface area (Å²) in [6, 6.07) is -2.12. The Labute approximate surface area is 88.3 Å². The van der Waals surface area contributed by atoms with Gasteiger partial charge in [0.05, 0.1) is 6.04 Å². The lowest BCUT2D eigenvalue weighted by Crippen LogP contribution is -2.52. The van der Waals surface area contributed by atoms with E-state index < -0.39 is 36.1 Å². The third-order valence-electron chi connectivity index (χ3n) is 2.89. The zero-order chi connectivity index (χ0) is 12.1. The molecule has 3 unspecified atom stereocenters. The van der Waals surface area contributed by atoms with Crippen LogP contribution in [-0.2, 0) is 9.59 Å². The normalized spacial score (nSPS) is 32.2. The van der Waals surface area contributed by atoms with Crippen LogP contribution in [0.25, 0.3) is 0 Å². The molecule has 1 aliphatic heterocycles. The van der Waals surface area contributed by atoms with Gasteiger partial charge in [-0.3, -0.25) is 4.79 Å². The Hall–Kier alpha value is -1.53. The van der Waals surface area contributed by atoms with E-state index in [0.29, 0.717) is 4.90 Å². The highest BCUT2D eigenvalue weighted by molar-refractivity contribution is 5.89. The number of hydrogen-bond acceptors (Lipinski definition) is 2. The summed E-state index contributed by atoms with van der Waals surface area (Å²) in [6.07, 6.45) is -1.75. The first kappa shape index (κ1) is 11.0. The molecule has 0 radical (unpaired) electrons. The van der Waals surface area contributed by atoms with Crippen LogP contribution in [-0.4, -0.2) is 40.1 Å². The van der Waals surface area contributed by atoms with Gasteiger partial charge in [-0.05, 0) is 6.42 Å². The standard InChI is InChI=1S/C9H8F3NO3/c10-9(11,12)8(16)13-5-2-1-4(3-5)6(13)7(14)15/h1-2,4-6H,3H2,(H,14,15). The molecule has 2 bridgehead atoms. The Morgan fingerprint density at radius 2 is 1.94 bits per heavy atom. The van der Waals surface area contributed by atoms with Crippen molar-refractivity contribution in [2.24, 2.45) is 5.92 Å². The van der Waals surface area contributed by atoms with Gasteiger partial charge in [0.1, 0.15) is 6.04 Å². The molecule has 0 spiro atoms. The molecule has 2 rings (SSSR count). The molecule has 0 aromatic heterocycles. The van der Waals surface area contributed by atoms with Crippen LogP contribution in [0.15, 0.2) is 12.2 Å². The van der Waals surface area contributed by atoms with Gasteiger partial charge in [-0.15, -0.1) is 0 Å². The summed E-state index contributed by atoms with van der Waals surface area (Å²) in [4.78, 5) is 22.3. The molecule has 1 amide bonds. The topological polar surface area (TPSA) is 57.6 Å². The smallest absolute Gasteiger partial charge is 0.471 e. The van der Waals surface area contributed by atoms with Gasteiger partial charge in [-0.1, -0.05) is 12.2 Å². The van der Waals surface area contributed by atoms with Gasteiger partial charge in [0.15, 0.2) is 0 Å². The number of hydrogen-bond donors (Lipinski definition) is 1. The molecule has 1 aliphatic carbocycles. The van der Waals surface area contributed by atoms with Crippen molar-refractivity contribution in [2.45, 2.75) is 24.7 Å². The van der Waals surface area contributed by atoms with E-state index in [1.807, 2.05) is 0 Å². The van der Waals surface area contributed by atoms with Crippen LogP contribution < -0.4 is 0 Å². The molecule has 0 aromatic carbocycles. The Morgan fingerprint density at radius 3 is 2.44 bits per heavy atom. The third-order valence-corrected chi connectivity index (χ3v) is 2.89. The van der Waals surface area contributed by atoms with E-state index in [1.54, 1.807) is 6.08 Å². The second kappa shape index (κ2) is 3.23. The van der Waals surface area contributed by atoms with Crippen molar-refractivity contribution < 1.29 is 27.9 Å². The highest BCUT2D eigenvalue weighted by Gasteiger charge is 2.55. The fourth-order valence-corrected chi connectivity index (χ4v) is 2.29. The third kappa shape index (κ3) is 1.46. The van der Waals surface area contributed by atoms with Crippen molar-refractivity contribution in [1.29, 1.82) is 0 Å². The first-order chi connectivity index (χ1) is 7.32. The van der Waals surface area contributed by atoms with E-state index in [-0.39, 0.29) is 6.42 Å². The molecule has 7 heteroatoms. The average molecular weight is 235 g/mol. The lowest BCUT2D eigenvalue weighted by molar-refractivity contribution is -0.189. The summed E-state index contributed by atoms with van der Waals surface area (Å²) < 4.78 is 36.8. The minimum atomic E-state index is -5.02. The Bertz CT molecular complexity index is 377. The predicted molar refractivity (Wildman–Crippen MR) is 45.4 cm³/mol. The Morgan fingerprint density at radius 1 is 1.31 bits per heavy atom. The number of carbonyl (C=O) groups is 2. The first-order valence-electron chi connectivity index (χ1n) is 4.63. The highest BCUT2D eigenvalue weighted by Crippen LogP contribution is 2.39. The van der Waals surface area contributed by atoms with Crippen LogP contribution in [0.5, 0.6) is 0 Å². The molecular weight excluding hydrogens is 227 g/mol. The van der Waals surface area contributed by atoms with E-state index >= 15 is 0 Å². The summed E-state index contributed by atoms with van der Waals surface area (Å²) >= 11 is 0. The van der Waals surface area contributed by atoms with Crippen LogP contribution in [0.2, 0.25) is 0 Å². The number of carboxylic acids is 1. The van der Waals surface area contributed by atoms with Crippen LogP contribution in [0.3, 0.4) is 0 Å². The van der Waals surface area contributed by atoms with Gasteiger partial charge < -0.3 is 10.0 Å². The maximum Gasteiger partial charge on any atom is 0.471 e. The molecule has 88 valence electrons. The Kier molecular flexibility index (Phi) is 2.21. The number of fused-ring (bicyclic) bond motifs is 2. The lowest BCUT2D eigenvalue weighted by atomic mass is 10.0. The maximum atomic E-state index is 12.3. The van der Waals surface area contributed by atoms with E-state index in [9.17, 15) is 22.8 Å². The van der Waals surface area contributed by atoms with Crippen molar-refractivity contribution >= 4 is 11.9 Å². The lowest BCUT2D eigenvalue weighted by Gasteiger charge is -2.30. The minimum absolute atomic E-state index is 0.263. The second-order valence-electron chi connectivity index (χ2n) is 3.85. The molecular formula is C9H8F3NO3. The van der Waals surface area contributed by atoms with Crippen LogP contribution >= 0.6 is 0 Å². The first-order valence-corrected chi connectivity index (χ1v) is 4.63. The van der Waals surface area contributed by atoms with Crippen molar-refractivity contribution in [3.63, 3.8) is 0 Å². The van der Waals surface area contributed by atoms with E-state index in [2.05, 4.69) is 0 Å². The molecule has 0 saturated carbocycles. The maximum absolute atomic E-state index is 12.3. The second-order valence-corrected chi connectivity index (χ2v) is 3.85. The van der Waals surface area contributed by atoms with E-state index in [4.69, 9.17) is 5.11 Å². The van der Waals surface area contributed by atoms with Gasteiger partial charge >= 0.3 is 18.1 Å². The number of rotatable bonds is 1. The predicted octanol–water partition coefficient (Wildman–Crippen LogP) is 0.789. The molecule has 1 heterocycles. The highest BCUT2D eigenvalue weighted by atomic mass is 19.4. The average Bonchev–Trinajstić information content (AvgIpc) is 2.72. The number of amides is 1. The van der Waals surface area contributed by atoms with Crippen molar-refractivity contribution in [1.82, 2.24) is 4.90 Å². The van der Waals surface area contributed by atoms with Crippen molar-refractivity contribution in [3.8, 4) is 0 Å². The van der Waals surface area contributed by atoms with Gasteiger partial charge in [0, 0.05) is 5.92 Å². The van der Waals surface area contributed by atoms with Crippen molar-refractivity contribution in [2.75, 3.05) is 0 Å². The number of likely N-dealkylation sites (tertiary alicyclic amines) is 1. The van der Waals surface area contributed by atoms with Crippen molar-refractivity contribution in [3.05, 3.63) is 12.2 Å². The molecule has 1 saturated heterocycles. The van der Waals surface area contributed by atoms with Gasteiger partial charge in [0.25, 0.3) is 0 Å². The van der Waals surface area contributed by atoms with Crippen LogP contribution in [0.4, 0.5) is 13.2 Å². The molecule has 2 aliphatic rings. The molecule has 16 heavy (non-hydrogen) atoms. The van der Waals surface area contributed by atoms with Gasteiger partial charge in [-0.2, -0.15) is 13.2 Å². The largest absolute Gasteiger partial charge is 0.480 e. The summed E-state index contributed by atoms with van der Waals surface area (Å²) in [5, 5.41) is 8.83.